The Kier molecular flexibility index (Phi) is 3.47. The summed E-state index contributed by atoms with van der Waals surface area (Å²) in [5.41, 5.74) is 7.40. The molecular weight excluding hydrogens is 212 g/mol. The number of hydrogen-bond donors (Lipinski definition) is 2. The lowest BCUT2D eigenvalue weighted by Crippen LogP contribution is -2.34. The van der Waals surface area contributed by atoms with Crippen LogP contribution in [0, 0.1) is 0 Å². The molecule has 1 aromatic heterocycles. The number of thioether (sulfide) groups is 2. The van der Waals surface area contributed by atoms with Crippen molar-refractivity contribution in [3.05, 3.63) is 24.0 Å². The molecule has 78 valence electrons. The van der Waals surface area contributed by atoms with Crippen LogP contribution in [0.15, 0.2) is 18.3 Å². The van der Waals surface area contributed by atoms with Gasteiger partial charge in [0, 0.05) is 33.9 Å². The Labute approximate surface area is 93.4 Å². The van der Waals surface area contributed by atoms with Gasteiger partial charge in [-0.3, -0.25) is 0 Å². The van der Waals surface area contributed by atoms with E-state index in [1.807, 2.05) is 35.8 Å². The summed E-state index contributed by atoms with van der Waals surface area (Å²) in [7, 11) is 0. The smallest absolute Gasteiger partial charge is 0.0578 e. The van der Waals surface area contributed by atoms with Gasteiger partial charge in [-0.05, 0) is 12.1 Å². The van der Waals surface area contributed by atoms with Crippen molar-refractivity contribution < 1.29 is 0 Å². The lowest BCUT2D eigenvalue weighted by Gasteiger charge is -2.31. The van der Waals surface area contributed by atoms with Crippen LogP contribution in [-0.2, 0) is 0 Å². The van der Waals surface area contributed by atoms with E-state index in [4.69, 9.17) is 5.73 Å². The maximum atomic E-state index is 6.24. The van der Waals surface area contributed by atoms with Crippen molar-refractivity contribution in [1.82, 2.24) is 4.98 Å². The highest BCUT2D eigenvalue weighted by Crippen LogP contribution is 2.36. The number of aromatic amines is 1. The third-order valence-electron chi connectivity index (χ3n) is 2.57. The second-order valence-corrected chi connectivity index (χ2v) is 6.33. The highest BCUT2D eigenvalue weighted by Gasteiger charge is 2.29. The van der Waals surface area contributed by atoms with Crippen LogP contribution in [0.5, 0.6) is 0 Å². The van der Waals surface area contributed by atoms with Gasteiger partial charge in [-0.2, -0.15) is 23.5 Å². The summed E-state index contributed by atoms with van der Waals surface area (Å²) in [6.45, 7) is 2.28. The second-order valence-electron chi connectivity index (χ2n) is 3.56. The van der Waals surface area contributed by atoms with E-state index in [9.17, 15) is 0 Å². The van der Waals surface area contributed by atoms with Crippen LogP contribution in [-0.4, -0.2) is 27.0 Å². The normalized spacial score (nSPS) is 30.1. The molecule has 2 heterocycles. The van der Waals surface area contributed by atoms with Gasteiger partial charge in [0.2, 0.25) is 0 Å². The molecule has 0 amide bonds. The summed E-state index contributed by atoms with van der Waals surface area (Å²) >= 11 is 4.05. The SMILES string of the molecule is CC1SCCSC1C(N)c1ccc[nH]1. The summed E-state index contributed by atoms with van der Waals surface area (Å²) in [5, 5.41) is 1.21. The van der Waals surface area contributed by atoms with E-state index in [0.717, 1.165) is 5.69 Å². The molecule has 3 unspecified atom stereocenters. The molecule has 0 aromatic carbocycles. The Balaban J connectivity index is 2.06. The molecule has 1 aromatic rings. The molecule has 3 N–H and O–H groups in total. The van der Waals surface area contributed by atoms with Crippen molar-refractivity contribution in [2.45, 2.75) is 23.5 Å². The van der Waals surface area contributed by atoms with Gasteiger partial charge in [0.05, 0.1) is 6.04 Å². The van der Waals surface area contributed by atoms with Gasteiger partial charge in [-0.25, -0.2) is 0 Å². The first-order valence-electron chi connectivity index (χ1n) is 4.91. The monoisotopic (exact) mass is 228 g/mol. The number of H-pyrrole nitrogens is 1. The van der Waals surface area contributed by atoms with E-state index in [0.29, 0.717) is 10.5 Å². The Hall–Kier alpha value is -0.0600. The van der Waals surface area contributed by atoms with Crippen LogP contribution in [0.2, 0.25) is 0 Å². The average Bonchev–Trinajstić information content (AvgIpc) is 2.70. The van der Waals surface area contributed by atoms with Crippen LogP contribution >= 0.6 is 23.5 Å². The van der Waals surface area contributed by atoms with Crippen molar-refractivity contribution in [2.24, 2.45) is 5.73 Å². The molecule has 0 bridgehead atoms. The number of nitrogens with two attached hydrogens (primary N) is 1. The van der Waals surface area contributed by atoms with Gasteiger partial charge >= 0.3 is 0 Å². The van der Waals surface area contributed by atoms with E-state index in [1.165, 1.54) is 11.5 Å². The van der Waals surface area contributed by atoms with E-state index in [2.05, 4.69) is 18.0 Å². The van der Waals surface area contributed by atoms with Gasteiger partial charge in [0.1, 0.15) is 0 Å². The molecule has 4 heteroatoms. The summed E-state index contributed by atoms with van der Waals surface area (Å²) in [6, 6.07) is 4.25. The molecule has 1 fully saturated rings. The number of rotatable bonds is 2. The first-order chi connectivity index (χ1) is 6.79. The fraction of sp³-hybridized carbons (Fsp3) is 0.600. The van der Waals surface area contributed by atoms with Gasteiger partial charge in [0.15, 0.2) is 0 Å². The average molecular weight is 228 g/mol. The van der Waals surface area contributed by atoms with Crippen LogP contribution in [0.25, 0.3) is 0 Å². The third kappa shape index (κ3) is 2.12. The maximum Gasteiger partial charge on any atom is 0.0578 e. The first-order valence-corrected chi connectivity index (χ1v) is 7.01. The Morgan fingerprint density at radius 1 is 1.50 bits per heavy atom. The van der Waals surface area contributed by atoms with Gasteiger partial charge in [0.25, 0.3) is 0 Å². The molecule has 1 aliphatic rings. The lowest BCUT2D eigenvalue weighted by molar-refractivity contribution is 0.649. The predicted molar refractivity (Wildman–Crippen MR) is 65.9 cm³/mol. The molecule has 2 nitrogen and oxygen atoms in total. The fourth-order valence-electron chi connectivity index (χ4n) is 1.77. The minimum absolute atomic E-state index is 0.151. The van der Waals surface area contributed by atoms with Crippen LogP contribution < -0.4 is 5.73 Å². The topological polar surface area (TPSA) is 41.8 Å². The van der Waals surface area contributed by atoms with Crippen LogP contribution in [0.3, 0.4) is 0 Å². The second kappa shape index (κ2) is 4.64. The summed E-state index contributed by atoms with van der Waals surface area (Å²) < 4.78 is 0. The Morgan fingerprint density at radius 2 is 2.29 bits per heavy atom. The molecule has 0 radical (unpaired) electrons. The Bertz CT molecular complexity index is 274. The molecule has 0 aliphatic carbocycles. The maximum absolute atomic E-state index is 6.24. The summed E-state index contributed by atoms with van der Waals surface area (Å²) in [5.74, 6) is 2.49. The molecule has 2 rings (SSSR count). The molecule has 1 aliphatic heterocycles. The van der Waals surface area contributed by atoms with Crippen molar-refractivity contribution in [3.8, 4) is 0 Å². The minimum Gasteiger partial charge on any atom is -0.364 e. The third-order valence-corrected chi connectivity index (χ3v) is 5.79. The highest BCUT2D eigenvalue weighted by atomic mass is 32.2. The predicted octanol–water partition coefficient (Wildman–Crippen LogP) is 2.25. The molecule has 0 spiro atoms. The molecular formula is C10H16N2S2. The zero-order valence-electron chi connectivity index (χ0n) is 8.27. The van der Waals surface area contributed by atoms with E-state index in [-0.39, 0.29) is 6.04 Å². The summed E-state index contributed by atoms with van der Waals surface area (Å²) in [6.07, 6.45) is 1.94. The first kappa shape index (κ1) is 10.5. The largest absolute Gasteiger partial charge is 0.364 e. The highest BCUT2D eigenvalue weighted by molar-refractivity contribution is 8.07. The van der Waals surface area contributed by atoms with E-state index >= 15 is 0 Å². The minimum atomic E-state index is 0.151. The van der Waals surface area contributed by atoms with Crippen LogP contribution in [0.1, 0.15) is 18.7 Å². The number of nitrogens with one attached hydrogen (secondary N) is 1. The van der Waals surface area contributed by atoms with Crippen LogP contribution in [0.4, 0.5) is 0 Å². The molecule has 14 heavy (non-hydrogen) atoms. The molecule has 3 atom stereocenters. The van der Waals surface area contributed by atoms with E-state index < -0.39 is 0 Å². The van der Waals surface area contributed by atoms with Crippen molar-refractivity contribution >= 4 is 23.5 Å². The molecule has 0 saturated carbocycles. The fourth-order valence-corrected chi connectivity index (χ4v) is 4.64. The van der Waals surface area contributed by atoms with Gasteiger partial charge < -0.3 is 10.7 Å². The van der Waals surface area contributed by atoms with Crippen molar-refractivity contribution in [3.63, 3.8) is 0 Å². The zero-order chi connectivity index (χ0) is 9.97. The standard InChI is InChI=1S/C10H16N2S2/c1-7-10(14-6-5-13-7)9(11)8-3-2-4-12-8/h2-4,7,9-10,12H,5-6,11H2,1H3. The van der Waals surface area contributed by atoms with Gasteiger partial charge in [-0.1, -0.05) is 6.92 Å². The lowest BCUT2D eigenvalue weighted by atomic mass is 10.1. The van der Waals surface area contributed by atoms with Crippen molar-refractivity contribution in [1.29, 1.82) is 0 Å². The molecule has 1 saturated heterocycles. The summed E-state index contributed by atoms with van der Waals surface area (Å²) in [4.78, 5) is 3.21. The number of hydrogen-bond acceptors (Lipinski definition) is 3. The Morgan fingerprint density at radius 3 is 2.93 bits per heavy atom. The van der Waals surface area contributed by atoms with E-state index in [1.54, 1.807) is 0 Å². The van der Waals surface area contributed by atoms with Gasteiger partial charge in [-0.15, -0.1) is 0 Å². The number of aromatic nitrogens is 1. The van der Waals surface area contributed by atoms with Crippen molar-refractivity contribution in [2.75, 3.05) is 11.5 Å². The quantitative estimate of drug-likeness (QED) is 0.816. The zero-order valence-corrected chi connectivity index (χ0v) is 9.91.